The minimum absolute atomic E-state index is 0.0724. The summed E-state index contributed by atoms with van der Waals surface area (Å²) in [6.07, 6.45) is 7.54. The standard InChI is InChI=1S/C20H27N3O/c24-20(19-12-11-17-9-3-4-10-18(17)22-19)21-13-5-1-6-14-23-15-7-2-8-16-23/h3-4,9-12H,1-2,5-8,13-16H2,(H,21,24). The minimum atomic E-state index is -0.0724. The summed E-state index contributed by atoms with van der Waals surface area (Å²) in [6, 6.07) is 11.6. The Balaban J connectivity index is 1.35. The van der Waals surface area contributed by atoms with Gasteiger partial charge in [-0.1, -0.05) is 37.1 Å². The first-order chi connectivity index (χ1) is 11.8. The molecule has 0 saturated carbocycles. The van der Waals surface area contributed by atoms with E-state index in [1.165, 1.54) is 51.7 Å². The number of likely N-dealkylation sites (tertiary alicyclic amines) is 1. The number of nitrogens with one attached hydrogen (secondary N) is 1. The first kappa shape index (κ1) is 16.9. The highest BCUT2D eigenvalue weighted by atomic mass is 16.1. The fourth-order valence-electron chi connectivity index (χ4n) is 3.31. The maximum absolute atomic E-state index is 12.2. The summed E-state index contributed by atoms with van der Waals surface area (Å²) in [5.74, 6) is -0.0724. The van der Waals surface area contributed by atoms with Gasteiger partial charge in [-0.25, -0.2) is 4.98 Å². The number of piperidine rings is 1. The van der Waals surface area contributed by atoms with Crippen LogP contribution in [-0.4, -0.2) is 42.0 Å². The molecule has 128 valence electrons. The normalized spacial score (nSPS) is 15.5. The van der Waals surface area contributed by atoms with Gasteiger partial charge in [0, 0.05) is 11.9 Å². The van der Waals surface area contributed by atoms with Crippen LogP contribution < -0.4 is 5.32 Å². The van der Waals surface area contributed by atoms with Gasteiger partial charge < -0.3 is 10.2 Å². The number of carbonyl (C=O) groups excluding carboxylic acids is 1. The van der Waals surface area contributed by atoms with E-state index in [-0.39, 0.29) is 5.91 Å². The highest BCUT2D eigenvalue weighted by Gasteiger charge is 2.09. The molecule has 0 aliphatic carbocycles. The van der Waals surface area contributed by atoms with E-state index in [0.717, 1.165) is 23.9 Å². The van der Waals surface area contributed by atoms with Crippen LogP contribution in [0.5, 0.6) is 0 Å². The largest absolute Gasteiger partial charge is 0.351 e. The molecule has 1 N–H and O–H groups in total. The molecule has 1 aromatic carbocycles. The van der Waals surface area contributed by atoms with Gasteiger partial charge in [0.05, 0.1) is 5.52 Å². The fraction of sp³-hybridized carbons (Fsp3) is 0.500. The van der Waals surface area contributed by atoms with Crippen LogP contribution in [0.4, 0.5) is 0 Å². The van der Waals surface area contributed by atoms with E-state index in [9.17, 15) is 4.79 Å². The van der Waals surface area contributed by atoms with E-state index in [2.05, 4.69) is 15.2 Å². The molecule has 1 fully saturated rings. The number of unbranched alkanes of at least 4 members (excludes halogenated alkanes) is 2. The van der Waals surface area contributed by atoms with E-state index >= 15 is 0 Å². The van der Waals surface area contributed by atoms with Crippen LogP contribution in [0.25, 0.3) is 10.9 Å². The molecule has 1 amide bonds. The third kappa shape index (κ3) is 4.78. The van der Waals surface area contributed by atoms with Crippen molar-refractivity contribution in [2.75, 3.05) is 26.2 Å². The lowest BCUT2D eigenvalue weighted by Crippen LogP contribution is -2.30. The number of amides is 1. The van der Waals surface area contributed by atoms with Crippen LogP contribution in [-0.2, 0) is 0 Å². The third-order valence-electron chi connectivity index (χ3n) is 4.72. The monoisotopic (exact) mass is 325 g/mol. The molecular weight excluding hydrogens is 298 g/mol. The quantitative estimate of drug-likeness (QED) is 0.791. The SMILES string of the molecule is O=C(NCCCCCN1CCCCC1)c1ccc2ccccc2n1. The Morgan fingerprint density at radius 1 is 1.00 bits per heavy atom. The summed E-state index contributed by atoms with van der Waals surface area (Å²) in [4.78, 5) is 19.2. The zero-order chi connectivity index (χ0) is 16.6. The van der Waals surface area contributed by atoms with Crippen LogP contribution >= 0.6 is 0 Å². The fourth-order valence-corrected chi connectivity index (χ4v) is 3.31. The maximum Gasteiger partial charge on any atom is 0.269 e. The highest BCUT2D eigenvalue weighted by Crippen LogP contribution is 2.12. The van der Waals surface area contributed by atoms with Crippen LogP contribution in [0.3, 0.4) is 0 Å². The molecule has 4 nitrogen and oxygen atoms in total. The van der Waals surface area contributed by atoms with Crippen molar-refractivity contribution in [3.63, 3.8) is 0 Å². The van der Waals surface area contributed by atoms with Crippen molar-refractivity contribution >= 4 is 16.8 Å². The number of fused-ring (bicyclic) bond motifs is 1. The van der Waals surface area contributed by atoms with Gasteiger partial charge >= 0.3 is 0 Å². The van der Waals surface area contributed by atoms with E-state index in [0.29, 0.717) is 5.69 Å². The molecule has 0 bridgehead atoms. The van der Waals surface area contributed by atoms with Gasteiger partial charge in [0.1, 0.15) is 5.69 Å². The van der Waals surface area contributed by atoms with Crippen LogP contribution in [0.15, 0.2) is 36.4 Å². The number of hydrogen-bond donors (Lipinski definition) is 1. The average molecular weight is 325 g/mol. The third-order valence-corrected chi connectivity index (χ3v) is 4.72. The Hall–Kier alpha value is -1.94. The lowest BCUT2D eigenvalue weighted by Gasteiger charge is -2.26. The zero-order valence-electron chi connectivity index (χ0n) is 14.3. The molecule has 2 aromatic rings. The highest BCUT2D eigenvalue weighted by molar-refractivity contribution is 5.94. The second-order valence-electron chi connectivity index (χ2n) is 6.61. The van der Waals surface area contributed by atoms with Crippen LogP contribution in [0.2, 0.25) is 0 Å². The van der Waals surface area contributed by atoms with Gasteiger partial charge in [-0.3, -0.25) is 4.79 Å². The smallest absolute Gasteiger partial charge is 0.269 e. The van der Waals surface area contributed by atoms with E-state index in [1.807, 2.05) is 30.3 Å². The molecule has 3 rings (SSSR count). The number of benzene rings is 1. The van der Waals surface area contributed by atoms with Crippen LogP contribution in [0, 0.1) is 0 Å². The second kappa shape index (κ2) is 8.78. The van der Waals surface area contributed by atoms with Gasteiger partial charge in [0.25, 0.3) is 5.91 Å². The first-order valence-corrected chi connectivity index (χ1v) is 9.19. The van der Waals surface area contributed by atoms with Crippen molar-refractivity contribution in [3.8, 4) is 0 Å². The predicted octanol–water partition coefficient (Wildman–Crippen LogP) is 3.62. The number of para-hydroxylation sites is 1. The van der Waals surface area contributed by atoms with Crippen molar-refractivity contribution in [2.45, 2.75) is 38.5 Å². The van der Waals surface area contributed by atoms with Gasteiger partial charge in [-0.15, -0.1) is 0 Å². The van der Waals surface area contributed by atoms with Gasteiger partial charge in [-0.2, -0.15) is 0 Å². The van der Waals surface area contributed by atoms with Crippen molar-refractivity contribution in [1.29, 1.82) is 0 Å². The van der Waals surface area contributed by atoms with Gasteiger partial charge in [-0.05, 0) is 57.5 Å². The molecule has 1 aliphatic heterocycles. The van der Waals surface area contributed by atoms with Crippen molar-refractivity contribution < 1.29 is 4.79 Å². The number of hydrogen-bond acceptors (Lipinski definition) is 3. The van der Waals surface area contributed by atoms with Crippen LogP contribution in [0.1, 0.15) is 49.0 Å². The lowest BCUT2D eigenvalue weighted by atomic mass is 10.1. The molecule has 0 unspecified atom stereocenters. The van der Waals surface area contributed by atoms with Gasteiger partial charge in [0.2, 0.25) is 0 Å². The Labute approximate surface area is 144 Å². The lowest BCUT2D eigenvalue weighted by molar-refractivity contribution is 0.0948. The van der Waals surface area contributed by atoms with E-state index in [1.54, 1.807) is 6.07 Å². The molecule has 4 heteroatoms. The van der Waals surface area contributed by atoms with Crippen molar-refractivity contribution in [2.24, 2.45) is 0 Å². The Kier molecular flexibility index (Phi) is 6.19. The average Bonchev–Trinajstić information content (AvgIpc) is 2.65. The molecule has 1 aliphatic rings. The Bertz CT molecular complexity index is 665. The second-order valence-corrected chi connectivity index (χ2v) is 6.61. The first-order valence-electron chi connectivity index (χ1n) is 9.19. The molecule has 1 aromatic heterocycles. The number of aromatic nitrogens is 1. The molecular formula is C20H27N3O. The minimum Gasteiger partial charge on any atom is -0.351 e. The summed E-state index contributed by atoms with van der Waals surface area (Å²) in [7, 11) is 0. The molecule has 0 radical (unpaired) electrons. The van der Waals surface area contributed by atoms with Gasteiger partial charge in [0.15, 0.2) is 0 Å². The summed E-state index contributed by atoms with van der Waals surface area (Å²) in [5, 5.41) is 4.05. The number of nitrogens with zero attached hydrogens (tertiary/aromatic N) is 2. The van der Waals surface area contributed by atoms with E-state index < -0.39 is 0 Å². The zero-order valence-corrected chi connectivity index (χ0v) is 14.3. The van der Waals surface area contributed by atoms with Crippen molar-refractivity contribution in [1.82, 2.24) is 15.2 Å². The molecule has 1 saturated heterocycles. The Morgan fingerprint density at radius 3 is 2.71 bits per heavy atom. The topological polar surface area (TPSA) is 45.2 Å². The molecule has 0 spiro atoms. The number of pyridine rings is 1. The number of rotatable bonds is 7. The van der Waals surface area contributed by atoms with E-state index in [4.69, 9.17) is 0 Å². The molecule has 0 atom stereocenters. The summed E-state index contributed by atoms with van der Waals surface area (Å²) < 4.78 is 0. The maximum atomic E-state index is 12.2. The predicted molar refractivity (Wildman–Crippen MR) is 98.2 cm³/mol. The molecule has 2 heterocycles. The summed E-state index contributed by atoms with van der Waals surface area (Å²) in [5.41, 5.74) is 1.37. The number of carbonyl (C=O) groups is 1. The summed E-state index contributed by atoms with van der Waals surface area (Å²) in [6.45, 7) is 4.47. The summed E-state index contributed by atoms with van der Waals surface area (Å²) >= 11 is 0. The Morgan fingerprint density at radius 2 is 1.83 bits per heavy atom. The molecule has 24 heavy (non-hydrogen) atoms. The van der Waals surface area contributed by atoms with Crippen molar-refractivity contribution in [3.05, 3.63) is 42.1 Å².